The number of benzene rings is 3. The molecule has 0 amide bonds. The highest BCUT2D eigenvalue weighted by Crippen LogP contribution is 2.42. The van der Waals surface area contributed by atoms with Gasteiger partial charge in [-0.15, -0.1) is 0 Å². The van der Waals surface area contributed by atoms with Gasteiger partial charge in [0, 0.05) is 11.1 Å². The lowest BCUT2D eigenvalue weighted by Gasteiger charge is -2.22. The fourth-order valence-corrected chi connectivity index (χ4v) is 5.30. The highest BCUT2D eigenvalue weighted by molar-refractivity contribution is 8.00. The van der Waals surface area contributed by atoms with Gasteiger partial charge in [0.2, 0.25) is 0 Å². The summed E-state index contributed by atoms with van der Waals surface area (Å²) in [7, 11) is 0.0613. The lowest BCUT2D eigenvalue weighted by atomic mass is 9.99. The van der Waals surface area contributed by atoms with Gasteiger partial charge < -0.3 is 0 Å². The first-order valence-electron chi connectivity index (χ1n) is 7.52. The predicted molar refractivity (Wildman–Crippen MR) is 95.8 cm³/mol. The molecular weight excluding hydrogens is 284 g/mol. The molecule has 0 N–H and O–H groups in total. The molecule has 0 spiro atoms. The molecule has 0 aromatic heterocycles. The van der Waals surface area contributed by atoms with E-state index in [1.165, 1.54) is 21.6 Å². The van der Waals surface area contributed by atoms with Crippen LogP contribution in [0.5, 0.6) is 0 Å². The standard InChI is InChI=1S/C21H17S/c1-3-10-18(11-4-1)21-20-14-8-7-9-17(20)15-16-22(21)19-12-5-2-6-13-19/h1-16,21H/q+1. The molecule has 0 radical (unpaired) electrons. The minimum Gasteiger partial charge on any atom is -0.0622 e. The van der Waals surface area contributed by atoms with E-state index in [-0.39, 0.29) is 10.9 Å². The van der Waals surface area contributed by atoms with Crippen molar-refractivity contribution >= 4 is 17.0 Å². The van der Waals surface area contributed by atoms with Crippen LogP contribution < -0.4 is 0 Å². The molecular formula is C21H17S+. The minimum atomic E-state index is 0.0613. The Morgan fingerprint density at radius 1 is 0.636 bits per heavy atom. The van der Waals surface area contributed by atoms with Gasteiger partial charge in [0.05, 0.1) is 10.9 Å². The monoisotopic (exact) mass is 301 g/mol. The van der Waals surface area contributed by atoms with Gasteiger partial charge in [-0.1, -0.05) is 72.8 Å². The molecule has 0 saturated heterocycles. The number of fused-ring (bicyclic) bond motifs is 1. The summed E-state index contributed by atoms with van der Waals surface area (Å²) in [5.41, 5.74) is 4.17. The van der Waals surface area contributed by atoms with Crippen LogP contribution in [0.1, 0.15) is 21.9 Å². The maximum atomic E-state index is 2.38. The van der Waals surface area contributed by atoms with E-state index in [0.29, 0.717) is 5.25 Å². The van der Waals surface area contributed by atoms with Crippen molar-refractivity contribution in [3.63, 3.8) is 0 Å². The quantitative estimate of drug-likeness (QED) is 0.553. The molecule has 0 fully saturated rings. The van der Waals surface area contributed by atoms with E-state index in [2.05, 4.69) is 96.4 Å². The molecule has 0 bridgehead atoms. The van der Waals surface area contributed by atoms with Crippen molar-refractivity contribution in [2.24, 2.45) is 0 Å². The second-order valence-electron chi connectivity index (χ2n) is 5.41. The summed E-state index contributed by atoms with van der Waals surface area (Å²) in [6, 6.07) is 30.5. The van der Waals surface area contributed by atoms with Crippen molar-refractivity contribution in [1.82, 2.24) is 0 Å². The molecule has 1 heterocycles. The first kappa shape index (κ1) is 13.4. The lowest BCUT2D eigenvalue weighted by molar-refractivity contribution is 1.12. The number of rotatable bonds is 2. The second-order valence-corrected chi connectivity index (χ2v) is 7.37. The topological polar surface area (TPSA) is 0 Å². The molecule has 1 aliphatic heterocycles. The summed E-state index contributed by atoms with van der Waals surface area (Å²) in [6.07, 6.45) is 2.28. The molecule has 2 atom stereocenters. The zero-order chi connectivity index (χ0) is 14.8. The van der Waals surface area contributed by atoms with Gasteiger partial charge in [0.15, 0.2) is 10.1 Å². The third-order valence-electron chi connectivity index (χ3n) is 4.04. The highest BCUT2D eigenvalue weighted by Gasteiger charge is 2.37. The Bertz CT molecular complexity index is 790. The Morgan fingerprint density at radius 2 is 1.27 bits per heavy atom. The summed E-state index contributed by atoms with van der Waals surface area (Å²) in [6.45, 7) is 0. The first-order chi connectivity index (χ1) is 10.9. The van der Waals surface area contributed by atoms with Crippen molar-refractivity contribution in [3.05, 3.63) is 107 Å². The van der Waals surface area contributed by atoms with E-state index in [4.69, 9.17) is 0 Å². The zero-order valence-corrected chi connectivity index (χ0v) is 13.0. The van der Waals surface area contributed by atoms with Gasteiger partial charge >= 0.3 is 0 Å². The molecule has 0 aliphatic carbocycles. The van der Waals surface area contributed by atoms with Crippen LogP contribution in [0.25, 0.3) is 6.08 Å². The van der Waals surface area contributed by atoms with Crippen LogP contribution in [0.3, 0.4) is 0 Å². The smallest absolute Gasteiger partial charge is 0.0622 e. The molecule has 0 saturated carbocycles. The maximum absolute atomic E-state index is 2.38. The molecule has 106 valence electrons. The molecule has 22 heavy (non-hydrogen) atoms. The van der Waals surface area contributed by atoms with Crippen molar-refractivity contribution < 1.29 is 0 Å². The molecule has 1 aliphatic rings. The third-order valence-corrected chi connectivity index (χ3v) is 6.32. The predicted octanol–water partition coefficient (Wildman–Crippen LogP) is 5.44. The van der Waals surface area contributed by atoms with Gasteiger partial charge in [0.1, 0.15) is 5.41 Å². The van der Waals surface area contributed by atoms with Gasteiger partial charge in [-0.05, 0) is 23.8 Å². The van der Waals surface area contributed by atoms with Crippen LogP contribution in [0.15, 0.2) is 95.2 Å². The molecule has 0 nitrogen and oxygen atoms in total. The van der Waals surface area contributed by atoms with Crippen molar-refractivity contribution in [3.8, 4) is 0 Å². The van der Waals surface area contributed by atoms with Gasteiger partial charge in [0.25, 0.3) is 0 Å². The van der Waals surface area contributed by atoms with E-state index < -0.39 is 0 Å². The van der Waals surface area contributed by atoms with E-state index in [1.54, 1.807) is 0 Å². The Balaban J connectivity index is 1.89. The third kappa shape index (κ3) is 2.38. The maximum Gasteiger partial charge on any atom is 0.179 e. The van der Waals surface area contributed by atoms with Gasteiger partial charge in [-0.3, -0.25) is 0 Å². The Kier molecular flexibility index (Phi) is 3.57. The van der Waals surface area contributed by atoms with E-state index in [9.17, 15) is 0 Å². The Morgan fingerprint density at radius 3 is 2.05 bits per heavy atom. The number of hydrogen-bond acceptors (Lipinski definition) is 0. The molecule has 3 aromatic rings. The molecule has 3 aromatic carbocycles. The Labute approximate surface area is 134 Å². The minimum absolute atomic E-state index is 0.0613. The van der Waals surface area contributed by atoms with E-state index in [1.807, 2.05) is 0 Å². The van der Waals surface area contributed by atoms with Crippen molar-refractivity contribution in [1.29, 1.82) is 0 Å². The second kappa shape index (κ2) is 5.86. The van der Waals surface area contributed by atoms with Crippen LogP contribution in [-0.2, 0) is 10.9 Å². The summed E-state index contributed by atoms with van der Waals surface area (Å²) < 4.78 is 0. The fourth-order valence-electron chi connectivity index (χ4n) is 3.01. The summed E-state index contributed by atoms with van der Waals surface area (Å²) in [4.78, 5) is 1.40. The Hall–Kier alpha value is -2.25. The van der Waals surface area contributed by atoms with E-state index in [0.717, 1.165) is 0 Å². The summed E-state index contributed by atoms with van der Waals surface area (Å²) >= 11 is 0. The van der Waals surface area contributed by atoms with Crippen LogP contribution in [0.2, 0.25) is 0 Å². The highest BCUT2D eigenvalue weighted by atomic mass is 32.2. The van der Waals surface area contributed by atoms with Crippen LogP contribution in [-0.4, -0.2) is 0 Å². The molecule has 1 heteroatoms. The number of hydrogen-bond donors (Lipinski definition) is 0. The SMILES string of the molecule is C1=C[S+](c2ccccc2)C(c2ccccc2)c2ccccc21. The summed E-state index contributed by atoms with van der Waals surface area (Å²) in [5, 5.41) is 2.79. The van der Waals surface area contributed by atoms with Crippen LogP contribution in [0.4, 0.5) is 0 Å². The van der Waals surface area contributed by atoms with Crippen molar-refractivity contribution in [2.45, 2.75) is 10.1 Å². The van der Waals surface area contributed by atoms with Gasteiger partial charge in [-0.25, -0.2) is 0 Å². The van der Waals surface area contributed by atoms with E-state index >= 15 is 0 Å². The van der Waals surface area contributed by atoms with Gasteiger partial charge in [-0.2, -0.15) is 0 Å². The summed E-state index contributed by atoms with van der Waals surface area (Å²) in [5.74, 6) is 0. The largest absolute Gasteiger partial charge is 0.179 e. The average Bonchev–Trinajstić information content (AvgIpc) is 2.62. The van der Waals surface area contributed by atoms with Crippen LogP contribution >= 0.6 is 0 Å². The fraction of sp³-hybridized carbons (Fsp3) is 0.0476. The zero-order valence-electron chi connectivity index (χ0n) is 12.2. The van der Waals surface area contributed by atoms with Crippen molar-refractivity contribution in [2.75, 3.05) is 0 Å². The normalized spacial score (nSPS) is 19.6. The lowest BCUT2D eigenvalue weighted by Crippen LogP contribution is -2.17. The first-order valence-corrected chi connectivity index (χ1v) is 8.87. The molecule has 2 unspecified atom stereocenters. The van der Waals surface area contributed by atoms with Crippen LogP contribution in [0, 0.1) is 0 Å². The molecule has 4 rings (SSSR count). The average molecular weight is 301 g/mol.